The molecule has 5 heteroatoms. The van der Waals surface area contributed by atoms with E-state index in [9.17, 15) is 0 Å². The molecule has 0 N–H and O–H groups in total. The summed E-state index contributed by atoms with van der Waals surface area (Å²) in [5, 5.41) is 2.71. The number of para-hydroxylation sites is 3. The van der Waals surface area contributed by atoms with E-state index in [2.05, 4.69) is 142 Å². The second kappa shape index (κ2) is 8.23. The Morgan fingerprint density at radius 3 is 0.805 bits per heavy atom. The monoisotopic (exact) mass is 545 g/mol. The van der Waals surface area contributed by atoms with Crippen LogP contribution in [0.25, 0.3) is 0 Å². The van der Waals surface area contributed by atoms with Crippen molar-refractivity contribution in [2.45, 2.75) is 0 Å². The fourth-order valence-electron chi connectivity index (χ4n) is 6.90. The van der Waals surface area contributed by atoms with Gasteiger partial charge < -0.3 is 19.3 Å². The highest BCUT2D eigenvalue weighted by molar-refractivity contribution is 7.87. The van der Waals surface area contributed by atoms with E-state index >= 15 is 4.57 Å². The van der Waals surface area contributed by atoms with E-state index in [-0.39, 0.29) is 0 Å². The summed E-state index contributed by atoms with van der Waals surface area (Å²) in [6, 6.07) is 50.3. The fourth-order valence-corrected chi connectivity index (χ4v) is 10.6. The Morgan fingerprint density at radius 1 is 0.317 bits per heavy atom. The van der Waals surface area contributed by atoms with Crippen molar-refractivity contribution < 1.29 is 4.57 Å². The highest BCUT2D eigenvalue weighted by atomic mass is 31.2. The lowest BCUT2D eigenvalue weighted by atomic mass is 10.1. The van der Waals surface area contributed by atoms with Crippen molar-refractivity contribution in [1.29, 1.82) is 0 Å². The topological polar surface area (TPSA) is 26.8 Å². The summed E-state index contributed by atoms with van der Waals surface area (Å²) >= 11 is 0. The van der Waals surface area contributed by atoms with Crippen LogP contribution in [-0.4, -0.2) is 0 Å². The number of nitrogens with zero attached hydrogens (tertiary/aromatic N) is 3. The molecule has 9 rings (SSSR count). The van der Waals surface area contributed by atoms with Gasteiger partial charge in [-0.2, -0.15) is 0 Å². The average Bonchev–Trinajstić information content (AvgIpc) is 3.03. The summed E-state index contributed by atoms with van der Waals surface area (Å²) in [6.45, 7) is 0. The highest BCUT2D eigenvalue weighted by Gasteiger charge is 2.54. The number of benzene rings is 6. The van der Waals surface area contributed by atoms with Gasteiger partial charge in [-0.15, -0.1) is 0 Å². The Hall–Kier alpha value is -5.05. The minimum Gasteiger partial charge on any atom is -0.309 e. The van der Waals surface area contributed by atoms with Crippen LogP contribution in [0.15, 0.2) is 146 Å². The van der Waals surface area contributed by atoms with Crippen LogP contribution in [0.1, 0.15) is 0 Å². The van der Waals surface area contributed by atoms with Gasteiger partial charge in [0, 0.05) is 17.1 Å². The third kappa shape index (κ3) is 2.87. The SMILES string of the molecule is O=P12c3c4cccc3N(c3ccccc3)c3cccc(c31)N(c1ccccc1)c1cccc(c12)N4c1ccccc1. The summed E-state index contributed by atoms with van der Waals surface area (Å²) in [6.07, 6.45) is 0. The van der Waals surface area contributed by atoms with Gasteiger partial charge in [0.2, 0.25) is 0 Å². The van der Waals surface area contributed by atoms with Crippen LogP contribution in [0.5, 0.6) is 0 Å². The third-order valence-corrected chi connectivity index (χ3v) is 11.7. The summed E-state index contributed by atoms with van der Waals surface area (Å²) in [5.74, 6) is 0. The van der Waals surface area contributed by atoms with Gasteiger partial charge in [0.05, 0.1) is 50.0 Å². The lowest BCUT2D eigenvalue weighted by molar-refractivity contribution is 0.592. The van der Waals surface area contributed by atoms with Crippen molar-refractivity contribution in [1.82, 2.24) is 0 Å². The van der Waals surface area contributed by atoms with Crippen molar-refractivity contribution >= 4 is 74.2 Å². The summed E-state index contributed by atoms with van der Waals surface area (Å²) in [5.41, 5.74) is 8.94. The molecule has 0 aliphatic carbocycles. The quantitative estimate of drug-likeness (QED) is 0.208. The number of rotatable bonds is 3. The average molecular weight is 546 g/mol. The van der Waals surface area contributed by atoms with Gasteiger partial charge in [0.15, 0.2) is 7.14 Å². The lowest BCUT2D eigenvalue weighted by Crippen LogP contribution is -2.47. The minimum atomic E-state index is -3.28. The van der Waals surface area contributed by atoms with Gasteiger partial charge in [0.25, 0.3) is 0 Å². The number of hydrogen-bond acceptors (Lipinski definition) is 4. The Balaban J connectivity index is 1.48. The fraction of sp³-hybridized carbons (Fsp3) is 0. The largest absolute Gasteiger partial charge is 0.309 e. The number of anilines is 9. The molecule has 0 bridgehead atoms. The molecule has 0 aromatic heterocycles. The molecule has 0 spiro atoms. The molecular weight excluding hydrogens is 521 g/mol. The molecule has 41 heavy (non-hydrogen) atoms. The van der Waals surface area contributed by atoms with Crippen molar-refractivity contribution in [3.63, 3.8) is 0 Å². The first-order chi connectivity index (χ1) is 20.3. The zero-order valence-electron chi connectivity index (χ0n) is 22.1. The molecule has 3 aliphatic rings. The first kappa shape index (κ1) is 22.7. The Kier molecular flexibility index (Phi) is 4.57. The van der Waals surface area contributed by atoms with Gasteiger partial charge in [-0.1, -0.05) is 72.8 Å². The number of hydrogen-bond donors (Lipinski definition) is 0. The molecular formula is C36H24N3OP. The molecule has 0 fully saturated rings. The Labute approximate surface area is 238 Å². The van der Waals surface area contributed by atoms with Gasteiger partial charge in [-0.25, -0.2) is 0 Å². The van der Waals surface area contributed by atoms with Gasteiger partial charge >= 0.3 is 0 Å². The van der Waals surface area contributed by atoms with E-state index < -0.39 is 7.14 Å². The zero-order valence-corrected chi connectivity index (χ0v) is 22.9. The predicted octanol–water partition coefficient (Wildman–Crippen LogP) is 8.68. The Morgan fingerprint density at radius 2 is 0.561 bits per heavy atom. The van der Waals surface area contributed by atoms with E-state index in [0.29, 0.717) is 0 Å². The smallest absolute Gasteiger partial charge is 0.183 e. The van der Waals surface area contributed by atoms with E-state index in [0.717, 1.165) is 67.1 Å². The molecule has 6 aromatic rings. The molecule has 6 aromatic carbocycles. The summed E-state index contributed by atoms with van der Waals surface area (Å²) in [7, 11) is -3.28. The first-order valence-electron chi connectivity index (χ1n) is 13.8. The van der Waals surface area contributed by atoms with Crippen molar-refractivity contribution in [3.8, 4) is 0 Å². The third-order valence-electron chi connectivity index (χ3n) is 8.41. The minimum absolute atomic E-state index is 0.903. The molecule has 0 radical (unpaired) electrons. The van der Waals surface area contributed by atoms with Crippen LogP contribution in [0, 0.1) is 0 Å². The molecule has 3 aliphatic heterocycles. The van der Waals surface area contributed by atoms with Crippen LogP contribution < -0.4 is 30.6 Å². The van der Waals surface area contributed by atoms with Gasteiger partial charge in [-0.05, 0) is 72.8 Å². The summed E-state index contributed by atoms with van der Waals surface area (Å²) < 4.78 is 16.3. The standard InChI is InChI=1S/C36H24N3OP/c40-41-34-28-19-10-21-30(34)38(26-15-6-2-7-16-26)32-23-12-24-33(36(32)41)39(27-17-8-3-9-18-27)31-22-11-20-29(35(31)41)37(28)25-13-4-1-5-14-25/h1-24H. The van der Waals surface area contributed by atoms with Gasteiger partial charge in [-0.3, -0.25) is 0 Å². The van der Waals surface area contributed by atoms with Crippen molar-refractivity contribution in [2.24, 2.45) is 0 Å². The van der Waals surface area contributed by atoms with Crippen molar-refractivity contribution in [3.05, 3.63) is 146 Å². The second-order valence-electron chi connectivity index (χ2n) is 10.6. The normalized spacial score (nSPS) is 15.0. The van der Waals surface area contributed by atoms with Crippen molar-refractivity contribution in [2.75, 3.05) is 14.7 Å². The molecule has 194 valence electrons. The lowest BCUT2D eigenvalue weighted by Gasteiger charge is -2.49. The van der Waals surface area contributed by atoms with Crippen LogP contribution in [0.3, 0.4) is 0 Å². The Bertz CT molecular complexity index is 1740. The molecule has 0 atom stereocenters. The van der Waals surface area contributed by atoms with Crippen LogP contribution in [-0.2, 0) is 4.57 Å². The molecule has 0 unspecified atom stereocenters. The van der Waals surface area contributed by atoms with E-state index in [4.69, 9.17) is 0 Å². The highest BCUT2D eigenvalue weighted by Crippen LogP contribution is 2.66. The maximum atomic E-state index is 16.3. The van der Waals surface area contributed by atoms with E-state index in [1.54, 1.807) is 0 Å². The zero-order chi connectivity index (χ0) is 27.1. The van der Waals surface area contributed by atoms with Crippen LogP contribution >= 0.6 is 7.14 Å². The molecule has 4 nitrogen and oxygen atoms in total. The molecule has 3 heterocycles. The van der Waals surface area contributed by atoms with Crippen LogP contribution in [0.4, 0.5) is 51.2 Å². The summed E-state index contributed by atoms with van der Waals surface area (Å²) in [4.78, 5) is 6.87. The van der Waals surface area contributed by atoms with Gasteiger partial charge in [0.1, 0.15) is 0 Å². The first-order valence-corrected chi connectivity index (χ1v) is 15.5. The van der Waals surface area contributed by atoms with E-state index in [1.807, 2.05) is 18.2 Å². The second-order valence-corrected chi connectivity index (χ2v) is 13.1. The predicted molar refractivity (Wildman–Crippen MR) is 171 cm³/mol. The van der Waals surface area contributed by atoms with E-state index in [1.165, 1.54) is 0 Å². The molecule has 0 saturated heterocycles. The van der Waals surface area contributed by atoms with Crippen LogP contribution in [0.2, 0.25) is 0 Å². The maximum Gasteiger partial charge on any atom is 0.183 e. The molecule has 0 amide bonds. The molecule has 0 saturated carbocycles. The maximum absolute atomic E-state index is 16.3.